The van der Waals surface area contributed by atoms with E-state index in [0.717, 1.165) is 21.1 Å². The van der Waals surface area contributed by atoms with Gasteiger partial charge >= 0.3 is 0 Å². The molecule has 0 radical (unpaired) electrons. The van der Waals surface area contributed by atoms with Crippen molar-refractivity contribution in [3.05, 3.63) is 77.3 Å². The first-order valence-electron chi connectivity index (χ1n) is 7.78. The van der Waals surface area contributed by atoms with Gasteiger partial charge in [0, 0.05) is 15.5 Å². The Morgan fingerprint density at radius 2 is 1.52 bits per heavy atom. The van der Waals surface area contributed by atoms with Crippen LogP contribution in [-0.4, -0.2) is 15.1 Å². The summed E-state index contributed by atoms with van der Waals surface area (Å²) in [5, 5.41) is 14.4. The van der Waals surface area contributed by atoms with Gasteiger partial charge < -0.3 is 10.4 Å². The van der Waals surface area contributed by atoms with Crippen LogP contribution in [0.3, 0.4) is 0 Å². The van der Waals surface area contributed by atoms with Crippen LogP contribution < -0.4 is 5.32 Å². The normalized spacial score (nSPS) is 10.8. The summed E-state index contributed by atoms with van der Waals surface area (Å²) in [6, 6.07) is 22.8. The number of nitrogens with zero attached hydrogens (tertiary/aromatic N) is 2. The second-order valence-corrected chi connectivity index (χ2v) is 6.48. The molecule has 0 bridgehead atoms. The lowest BCUT2D eigenvalue weighted by atomic mass is 10.1. The summed E-state index contributed by atoms with van der Waals surface area (Å²) >= 11 is 3.44. The lowest BCUT2D eigenvalue weighted by Crippen LogP contribution is -1.99. The quantitative estimate of drug-likeness (QED) is 0.483. The van der Waals surface area contributed by atoms with Gasteiger partial charge in [-0.3, -0.25) is 0 Å². The van der Waals surface area contributed by atoms with E-state index >= 15 is 0 Å². The highest BCUT2D eigenvalue weighted by Crippen LogP contribution is 2.31. The number of anilines is 2. The van der Waals surface area contributed by atoms with E-state index in [2.05, 4.69) is 31.2 Å². The first kappa shape index (κ1) is 15.6. The standard InChI is InChI=1S/C20H14BrN3O/c21-13-9-11-14(12-10-13)22-19-15-5-1-3-7-17(15)23-20(24-19)16-6-2-4-8-18(16)25/h1-12,25H,(H,22,23,24). The molecule has 0 spiro atoms. The molecule has 0 amide bonds. The Morgan fingerprint density at radius 1 is 0.800 bits per heavy atom. The Labute approximate surface area is 153 Å². The largest absolute Gasteiger partial charge is 0.507 e. The van der Waals surface area contributed by atoms with Gasteiger partial charge in [-0.15, -0.1) is 0 Å². The van der Waals surface area contributed by atoms with E-state index in [1.165, 1.54) is 0 Å². The molecule has 0 aliphatic heterocycles. The Balaban J connectivity index is 1.87. The second kappa shape index (κ2) is 6.53. The van der Waals surface area contributed by atoms with Crippen molar-refractivity contribution in [1.82, 2.24) is 9.97 Å². The molecule has 122 valence electrons. The molecular weight excluding hydrogens is 378 g/mol. The van der Waals surface area contributed by atoms with Gasteiger partial charge in [0.25, 0.3) is 0 Å². The molecule has 0 saturated heterocycles. The third kappa shape index (κ3) is 3.19. The average molecular weight is 392 g/mol. The number of halogens is 1. The maximum atomic E-state index is 10.1. The minimum Gasteiger partial charge on any atom is -0.507 e. The van der Waals surface area contributed by atoms with Crippen molar-refractivity contribution in [3.8, 4) is 17.1 Å². The maximum Gasteiger partial charge on any atom is 0.165 e. The first-order chi connectivity index (χ1) is 12.2. The molecule has 0 aliphatic carbocycles. The van der Waals surface area contributed by atoms with Gasteiger partial charge in [-0.25, -0.2) is 9.97 Å². The SMILES string of the molecule is Oc1ccccc1-c1nc(Nc2ccc(Br)cc2)c2ccccc2n1. The summed E-state index contributed by atoms with van der Waals surface area (Å²) in [7, 11) is 0. The molecule has 3 aromatic carbocycles. The summed E-state index contributed by atoms with van der Waals surface area (Å²) in [4.78, 5) is 9.26. The number of benzene rings is 3. The zero-order valence-electron chi connectivity index (χ0n) is 13.1. The van der Waals surface area contributed by atoms with Crippen molar-refractivity contribution >= 4 is 38.3 Å². The molecule has 25 heavy (non-hydrogen) atoms. The summed E-state index contributed by atoms with van der Waals surface area (Å²) in [6.07, 6.45) is 0. The van der Waals surface area contributed by atoms with Crippen LogP contribution in [0.5, 0.6) is 5.75 Å². The van der Waals surface area contributed by atoms with E-state index in [1.54, 1.807) is 12.1 Å². The van der Waals surface area contributed by atoms with E-state index in [1.807, 2.05) is 60.7 Å². The molecule has 0 atom stereocenters. The lowest BCUT2D eigenvalue weighted by molar-refractivity contribution is 0.477. The molecule has 4 aromatic rings. The molecule has 0 unspecified atom stereocenters. The predicted molar refractivity (Wildman–Crippen MR) is 104 cm³/mol. The van der Waals surface area contributed by atoms with Crippen molar-refractivity contribution in [3.63, 3.8) is 0 Å². The van der Waals surface area contributed by atoms with Crippen molar-refractivity contribution in [2.75, 3.05) is 5.32 Å². The molecule has 4 nitrogen and oxygen atoms in total. The highest BCUT2D eigenvalue weighted by atomic mass is 79.9. The van der Waals surface area contributed by atoms with E-state index in [9.17, 15) is 5.11 Å². The molecule has 1 heterocycles. The molecule has 0 aliphatic rings. The van der Waals surface area contributed by atoms with Gasteiger partial charge in [0.2, 0.25) is 0 Å². The van der Waals surface area contributed by atoms with E-state index in [0.29, 0.717) is 17.2 Å². The van der Waals surface area contributed by atoms with Crippen LogP contribution in [-0.2, 0) is 0 Å². The number of para-hydroxylation sites is 2. The van der Waals surface area contributed by atoms with Crippen molar-refractivity contribution in [2.24, 2.45) is 0 Å². The van der Waals surface area contributed by atoms with E-state index in [4.69, 9.17) is 0 Å². The smallest absolute Gasteiger partial charge is 0.165 e. The number of phenolic OH excluding ortho intramolecular Hbond substituents is 1. The van der Waals surface area contributed by atoms with Crippen LogP contribution in [0.4, 0.5) is 11.5 Å². The highest BCUT2D eigenvalue weighted by molar-refractivity contribution is 9.10. The summed E-state index contributed by atoms with van der Waals surface area (Å²) in [6.45, 7) is 0. The van der Waals surface area contributed by atoms with Crippen LogP contribution >= 0.6 is 15.9 Å². The summed E-state index contributed by atoms with van der Waals surface area (Å²) in [5.41, 5.74) is 2.35. The fourth-order valence-electron chi connectivity index (χ4n) is 2.63. The van der Waals surface area contributed by atoms with Crippen LogP contribution in [0.2, 0.25) is 0 Å². The van der Waals surface area contributed by atoms with Crippen molar-refractivity contribution < 1.29 is 5.11 Å². The Morgan fingerprint density at radius 3 is 2.32 bits per heavy atom. The molecule has 0 fully saturated rings. The van der Waals surface area contributed by atoms with Gasteiger partial charge in [-0.1, -0.05) is 40.2 Å². The Kier molecular flexibility index (Phi) is 4.07. The first-order valence-corrected chi connectivity index (χ1v) is 8.58. The van der Waals surface area contributed by atoms with Crippen LogP contribution in [0.1, 0.15) is 0 Å². The number of fused-ring (bicyclic) bond motifs is 1. The predicted octanol–water partition coefficient (Wildman–Crippen LogP) is 5.51. The average Bonchev–Trinajstić information content (AvgIpc) is 2.64. The van der Waals surface area contributed by atoms with Gasteiger partial charge in [0.15, 0.2) is 5.82 Å². The zero-order valence-corrected chi connectivity index (χ0v) is 14.7. The monoisotopic (exact) mass is 391 g/mol. The van der Waals surface area contributed by atoms with Gasteiger partial charge in [-0.05, 0) is 48.5 Å². The maximum absolute atomic E-state index is 10.1. The third-order valence-electron chi connectivity index (χ3n) is 3.86. The minimum absolute atomic E-state index is 0.160. The topological polar surface area (TPSA) is 58.0 Å². The number of aromatic nitrogens is 2. The van der Waals surface area contributed by atoms with Gasteiger partial charge in [0.05, 0.1) is 11.1 Å². The fourth-order valence-corrected chi connectivity index (χ4v) is 2.89. The van der Waals surface area contributed by atoms with Crippen LogP contribution in [0, 0.1) is 0 Å². The molecule has 1 aromatic heterocycles. The Hall–Kier alpha value is -2.92. The number of nitrogens with one attached hydrogen (secondary N) is 1. The van der Waals surface area contributed by atoms with Crippen molar-refractivity contribution in [2.45, 2.75) is 0 Å². The highest BCUT2D eigenvalue weighted by Gasteiger charge is 2.12. The molecule has 0 saturated carbocycles. The number of hydrogen-bond acceptors (Lipinski definition) is 4. The van der Waals surface area contributed by atoms with Gasteiger partial charge in [0.1, 0.15) is 11.6 Å². The minimum atomic E-state index is 0.160. The molecule has 5 heteroatoms. The molecule has 2 N–H and O–H groups in total. The third-order valence-corrected chi connectivity index (χ3v) is 4.38. The lowest BCUT2D eigenvalue weighted by Gasteiger charge is -2.11. The second-order valence-electron chi connectivity index (χ2n) is 5.56. The number of rotatable bonds is 3. The molecular formula is C20H14BrN3O. The molecule has 4 rings (SSSR count). The van der Waals surface area contributed by atoms with Crippen molar-refractivity contribution in [1.29, 1.82) is 0 Å². The number of aromatic hydroxyl groups is 1. The van der Waals surface area contributed by atoms with E-state index < -0.39 is 0 Å². The summed E-state index contributed by atoms with van der Waals surface area (Å²) in [5.74, 6) is 1.34. The van der Waals surface area contributed by atoms with E-state index in [-0.39, 0.29) is 5.75 Å². The fraction of sp³-hybridized carbons (Fsp3) is 0. The zero-order chi connectivity index (χ0) is 17.2. The van der Waals surface area contributed by atoms with Crippen LogP contribution in [0.15, 0.2) is 77.3 Å². The van der Waals surface area contributed by atoms with Gasteiger partial charge in [-0.2, -0.15) is 0 Å². The summed E-state index contributed by atoms with van der Waals surface area (Å²) < 4.78 is 1.01. The number of hydrogen-bond donors (Lipinski definition) is 2. The van der Waals surface area contributed by atoms with Crippen LogP contribution in [0.25, 0.3) is 22.3 Å². The Bertz CT molecular complexity index is 1050. The number of phenols is 1.